The number of carbonyl (C=O) groups is 1. The number of thiocarbonyl (C=S) groups is 1. The number of anilines is 2. The minimum absolute atomic E-state index is 0.136. The molecule has 9 nitrogen and oxygen atoms in total. The number of hydrogen-bond donors (Lipinski definition) is 3. The molecular weight excluding hydrogens is 468 g/mol. The number of benzene rings is 2. The van der Waals surface area contributed by atoms with Crippen molar-refractivity contribution in [1.82, 2.24) is 10.5 Å². The minimum atomic E-state index is -0.667. The number of aryl methyl sites for hydroxylation is 2. The Morgan fingerprint density at radius 1 is 1.14 bits per heavy atom. The first-order valence-electron chi connectivity index (χ1n) is 10.8. The van der Waals surface area contributed by atoms with E-state index in [0.29, 0.717) is 33.5 Å². The fourth-order valence-electron chi connectivity index (χ4n) is 4.05. The summed E-state index contributed by atoms with van der Waals surface area (Å²) in [5.74, 6) is 0.751. The van der Waals surface area contributed by atoms with Gasteiger partial charge < -0.3 is 29.7 Å². The molecule has 0 saturated carbocycles. The van der Waals surface area contributed by atoms with E-state index in [1.807, 2.05) is 43.0 Å². The lowest BCUT2D eigenvalue weighted by Crippen LogP contribution is -2.48. The summed E-state index contributed by atoms with van der Waals surface area (Å²) in [4.78, 5) is 15.4. The van der Waals surface area contributed by atoms with Crippen LogP contribution in [0.25, 0.3) is 0 Å². The quantitative estimate of drug-likeness (QED) is 0.431. The topological polar surface area (TPSA) is 109 Å². The van der Waals surface area contributed by atoms with Crippen LogP contribution < -0.4 is 25.0 Å². The van der Waals surface area contributed by atoms with Crippen molar-refractivity contribution in [3.05, 3.63) is 70.6 Å². The molecule has 0 bridgehead atoms. The summed E-state index contributed by atoms with van der Waals surface area (Å²) in [5, 5.41) is 20.8. The third-order valence-corrected chi connectivity index (χ3v) is 5.99. The van der Waals surface area contributed by atoms with Gasteiger partial charge in [-0.1, -0.05) is 17.3 Å². The molecule has 10 heteroatoms. The van der Waals surface area contributed by atoms with Crippen LogP contribution in [0.4, 0.5) is 11.5 Å². The molecule has 1 aromatic heterocycles. The van der Waals surface area contributed by atoms with Gasteiger partial charge in [-0.2, -0.15) is 0 Å². The predicted molar refractivity (Wildman–Crippen MR) is 136 cm³/mol. The molecule has 1 amide bonds. The Balaban J connectivity index is 1.87. The van der Waals surface area contributed by atoms with Crippen molar-refractivity contribution in [2.24, 2.45) is 0 Å². The van der Waals surface area contributed by atoms with E-state index in [9.17, 15) is 9.90 Å². The molecule has 0 spiro atoms. The van der Waals surface area contributed by atoms with Gasteiger partial charge in [0.05, 0.1) is 25.8 Å². The Labute approximate surface area is 208 Å². The van der Waals surface area contributed by atoms with E-state index in [2.05, 4.69) is 15.8 Å². The SMILES string of the molecule is COc1cc([C@H]2NC(=S)N(c3cccc(C)c3)C(C)=C2C(=O)Nc2cc(C)on2)cc(OC)c1O. The maximum Gasteiger partial charge on any atom is 0.257 e. The molecular formula is C25H26N4O5S. The summed E-state index contributed by atoms with van der Waals surface area (Å²) in [6.45, 7) is 5.56. The monoisotopic (exact) mass is 494 g/mol. The Morgan fingerprint density at radius 2 is 1.83 bits per heavy atom. The molecule has 182 valence electrons. The lowest BCUT2D eigenvalue weighted by molar-refractivity contribution is -0.113. The highest BCUT2D eigenvalue weighted by Crippen LogP contribution is 2.42. The average Bonchev–Trinajstić information content (AvgIpc) is 3.23. The number of phenols is 1. The van der Waals surface area contributed by atoms with Crippen molar-refractivity contribution in [3.8, 4) is 17.2 Å². The molecule has 0 unspecified atom stereocenters. The highest BCUT2D eigenvalue weighted by atomic mass is 32.1. The van der Waals surface area contributed by atoms with E-state index in [1.54, 1.807) is 25.1 Å². The van der Waals surface area contributed by atoms with Gasteiger partial charge in [0, 0.05) is 17.5 Å². The number of carbonyl (C=O) groups excluding carboxylic acids is 1. The second-order valence-corrected chi connectivity index (χ2v) is 8.49. The minimum Gasteiger partial charge on any atom is -0.502 e. The van der Waals surface area contributed by atoms with Crippen LogP contribution in [0.1, 0.15) is 29.9 Å². The molecule has 2 heterocycles. The highest BCUT2D eigenvalue weighted by Gasteiger charge is 2.36. The van der Waals surface area contributed by atoms with E-state index in [0.717, 1.165) is 11.3 Å². The Hall–Kier alpha value is -4.05. The summed E-state index contributed by atoms with van der Waals surface area (Å²) >= 11 is 5.74. The summed E-state index contributed by atoms with van der Waals surface area (Å²) in [5.41, 5.74) is 3.52. The number of phenolic OH excluding ortho intramolecular Hbond substituents is 1. The van der Waals surface area contributed by atoms with E-state index in [1.165, 1.54) is 14.2 Å². The van der Waals surface area contributed by atoms with Crippen LogP contribution in [0.5, 0.6) is 17.2 Å². The van der Waals surface area contributed by atoms with Crippen LogP contribution in [0.3, 0.4) is 0 Å². The van der Waals surface area contributed by atoms with Crippen molar-refractivity contribution < 1.29 is 23.9 Å². The number of hydrogen-bond acceptors (Lipinski definition) is 7. The van der Waals surface area contributed by atoms with Crippen LogP contribution in [0.2, 0.25) is 0 Å². The number of ether oxygens (including phenoxy) is 2. The molecule has 1 aliphatic heterocycles. The third kappa shape index (κ3) is 4.65. The number of nitrogens with one attached hydrogen (secondary N) is 2. The molecule has 1 atom stereocenters. The molecule has 0 fully saturated rings. The van der Waals surface area contributed by atoms with Gasteiger partial charge in [0.25, 0.3) is 5.91 Å². The largest absolute Gasteiger partial charge is 0.502 e. The zero-order chi connectivity index (χ0) is 25.3. The van der Waals surface area contributed by atoms with Crippen LogP contribution in [-0.4, -0.2) is 35.5 Å². The van der Waals surface area contributed by atoms with Gasteiger partial charge in [-0.25, -0.2) is 0 Å². The van der Waals surface area contributed by atoms with E-state index in [4.69, 9.17) is 26.2 Å². The number of rotatable bonds is 6. The Kier molecular flexibility index (Phi) is 6.65. The maximum absolute atomic E-state index is 13.6. The molecule has 3 aromatic rings. The molecule has 0 radical (unpaired) electrons. The van der Waals surface area contributed by atoms with Crippen molar-refractivity contribution >= 4 is 34.7 Å². The normalized spacial score (nSPS) is 15.6. The van der Waals surface area contributed by atoms with Gasteiger partial charge in [-0.15, -0.1) is 0 Å². The Morgan fingerprint density at radius 3 is 2.40 bits per heavy atom. The highest BCUT2D eigenvalue weighted by molar-refractivity contribution is 7.80. The second-order valence-electron chi connectivity index (χ2n) is 8.11. The van der Waals surface area contributed by atoms with E-state index >= 15 is 0 Å². The first-order valence-corrected chi connectivity index (χ1v) is 11.2. The molecule has 0 saturated heterocycles. The molecule has 4 rings (SSSR count). The second kappa shape index (κ2) is 9.67. The van der Waals surface area contributed by atoms with Gasteiger partial charge in [0.1, 0.15) is 5.76 Å². The summed E-state index contributed by atoms with van der Waals surface area (Å²) in [6, 6.07) is 12.1. The predicted octanol–water partition coefficient (Wildman–Crippen LogP) is 4.36. The number of allylic oxidation sites excluding steroid dienone is 1. The number of aromatic nitrogens is 1. The summed E-state index contributed by atoms with van der Waals surface area (Å²) < 4.78 is 15.8. The lowest BCUT2D eigenvalue weighted by Gasteiger charge is -2.38. The van der Waals surface area contributed by atoms with Crippen molar-refractivity contribution in [2.75, 3.05) is 24.4 Å². The zero-order valence-electron chi connectivity index (χ0n) is 20.0. The molecule has 0 aliphatic carbocycles. The third-order valence-electron chi connectivity index (χ3n) is 5.69. The zero-order valence-corrected chi connectivity index (χ0v) is 20.8. The Bertz CT molecular complexity index is 1310. The smallest absolute Gasteiger partial charge is 0.257 e. The van der Waals surface area contributed by atoms with Crippen LogP contribution in [0.15, 0.2) is 58.3 Å². The van der Waals surface area contributed by atoms with Crippen molar-refractivity contribution in [1.29, 1.82) is 0 Å². The fourth-order valence-corrected chi connectivity index (χ4v) is 4.41. The summed E-state index contributed by atoms with van der Waals surface area (Å²) in [7, 11) is 2.89. The first kappa shape index (κ1) is 24.1. The maximum atomic E-state index is 13.6. The van der Waals surface area contributed by atoms with Gasteiger partial charge >= 0.3 is 0 Å². The average molecular weight is 495 g/mol. The number of nitrogens with zero attached hydrogens (tertiary/aromatic N) is 2. The first-order chi connectivity index (χ1) is 16.7. The lowest BCUT2D eigenvalue weighted by atomic mass is 9.93. The van der Waals surface area contributed by atoms with Crippen molar-refractivity contribution in [3.63, 3.8) is 0 Å². The molecule has 35 heavy (non-hydrogen) atoms. The van der Waals surface area contributed by atoms with E-state index in [-0.39, 0.29) is 23.2 Å². The standard InChI is InChI=1S/C25H26N4O5S/c1-13-7-6-8-17(9-13)29-15(3)21(24(31)26-20-10-14(2)34-28-20)22(27-25(29)35)16-11-18(32-4)23(30)19(12-16)33-5/h6-12,22,30H,1-5H3,(H,27,35)(H,26,28,31)/t22-/m1/s1. The van der Waals surface area contributed by atoms with Crippen LogP contribution in [-0.2, 0) is 4.79 Å². The van der Waals surface area contributed by atoms with Gasteiger partial charge in [0.15, 0.2) is 22.4 Å². The number of amides is 1. The summed E-state index contributed by atoms with van der Waals surface area (Å²) in [6.07, 6.45) is 0. The number of methoxy groups -OCH3 is 2. The fraction of sp³-hybridized carbons (Fsp3) is 0.240. The van der Waals surface area contributed by atoms with E-state index < -0.39 is 6.04 Å². The van der Waals surface area contributed by atoms with Crippen LogP contribution in [0, 0.1) is 13.8 Å². The van der Waals surface area contributed by atoms with Gasteiger partial charge in [-0.05, 0) is 68.4 Å². The molecule has 3 N–H and O–H groups in total. The molecule has 1 aliphatic rings. The molecule has 2 aromatic carbocycles. The van der Waals surface area contributed by atoms with Crippen molar-refractivity contribution in [2.45, 2.75) is 26.8 Å². The van der Waals surface area contributed by atoms with Gasteiger partial charge in [-0.3, -0.25) is 9.69 Å². The number of aromatic hydroxyl groups is 1. The van der Waals surface area contributed by atoms with Gasteiger partial charge in [0.2, 0.25) is 5.75 Å². The van der Waals surface area contributed by atoms with Crippen LogP contribution >= 0.6 is 12.2 Å².